The molecule has 0 unspecified atom stereocenters. The molecule has 1 atom stereocenters. The lowest BCUT2D eigenvalue weighted by Gasteiger charge is -2.22. The van der Waals surface area contributed by atoms with Crippen LogP contribution in [0.1, 0.15) is 57.0 Å². The van der Waals surface area contributed by atoms with Crippen molar-refractivity contribution < 1.29 is 9.59 Å². The monoisotopic (exact) mass is 341 g/mol. The first-order valence-corrected chi connectivity index (χ1v) is 8.64. The van der Waals surface area contributed by atoms with Crippen LogP contribution in [0, 0.1) is 0 Å². The summed E-state index contributed by atoms with van der Waals surface area (Å²) in [7, 11) is 0. The van der Waals surface area contributed by atoms with Crippen LogP contribution in [-0.4, -0.2) is 26.6 Å². The maximum absolute atomic E-state index is 12.7. The Balaban J connectivity index is 1.79. The maximum Gasteiger partial charge on any atom is 0.249 e. The predicted octanol–water partition coefficient (Wildman–Crippen LogP) is 2.88. The van der Waals surface area contributed by atoms with Gasteiger partial charge in [-0.1, -0.05) is 32.9 Å². The van der Waals surface area contributed by atoms with Crippen LogP contribution in [0.15, 0.2) is 24.3 Å². The van der Waals surface area contributed by atoms with E-state index in [4.69, 9.17) is 0 Å². The molecule has 2 aromatic rings. The molecule has 2 N–H and O–H groups in total. The van der Waals surface area contributed by atoms with E-state index in [2.05, 4.69) is 34.6 Å². The van der Waals surface area contributed by atoms with E-state index >= 15 is 0 Å². The van der Waals surface area contributed by atoms with E-state index in [9.17, 15) is 9.59 Å². The highest BCUT2D eigenvalue weighted by Crippen LogP contribution is 2.25. The van der Waals surface area contributed by atoms with Crippen LogP contribution in [0.4, 0.5) is 11.6 Å². The Labute approximate surface area is 146 Å². The number of fused-ring (bicyclic) bond motifs is 1. The summed E-state index contributed by atoms with van der Waals surface area (Å²) in [6.45, 7) is 6.27. The molecule has 1 aromatic heterocycles. The molecule has 0 saturated heterocycles. The second-order valence-electron chi connectivity index (χ2n) is 6.58. The fraction of sp³-hybridized carbons (Fsp3) is 0.444. The summed E-state index contributed by atoms with van der Waals surface area (Å²) in [5.41, 5.74) is 1.91. The number of benzene rings is 1. The number of rotatable bonds is 5. The molecule has 0 spiro atoms. The van der Waals surface area contributed by atoms with Gasteiger partial charge in [0.15, 0.2) is 5.82 Å². The Bertz CT molecular complexity index is 779. The zero-order chi connectivity index (χ0) is 18.0. The highest BCUT2D eigenvalue weighted by atomic mass is 16.2. The van der Waals surface area contributed by atoms with Crippen LogP contribution in [-0.2, 0) is 16.0 Å². The Kier molecular flexibility index (Phi) is 4.83. The van der Waals surface area contributed by atoms with Gasteiger partial charge in [-0.2, -0.15) is 10.1 Å². The minimum Gasteiger partial charge on any atom is -0.324 e. The highest BCUT2D eigenvalue weighted by Gasteiger charge is 2.33. The van der Waals surface area contributed by atoms with Crippen LogP contribution < -0.4 is 10.6 Å². The standard InChI is InChI=1S/C18H23N5O2/c1-4-5-15-20-18-21-16(24)10-14(23(18)22-15)17(25)19-13-8-6-12(7-9-13)11(2)3/h6-9,11,14H,4-5,10H2,1-3H3,(H,19,25)(H,20,21,22,24)/t14-/m0/s1. The average Bonchev–Trinajstić information content (AvgIpc) is 2.97. The first-order valence-electron chi connectivity index (χ1n) is 8.64. The fourth-order valence-corrected chi connectivity index (χ4v) is 2.82. The Morgan fingerprint density at radius 2 is 2.08 bits per heavy atom. The number of carbonyl (C=O) groups excluding carboxylic acids is 2. The van der Waals surface area contributed by atoms with Gasteiger partial charge < -0.3 is 5.32 Å². The number of aryl methyl sites for hydroxylation is 1. The molecule has 0 fully saturated rings. The van der Waals surface area contributed by atoms with Crippen molar-refractivity contribution in [2.24, 2.45) is 0 Å². The summed E-state index contributed by atoms with van der Waals surface area (Å²) in [5.74, 6) is 0.926. The molecule has 0 aliphatic carbocycles. The summed E-state index contributed by atoms with van der Waals surface area (Å²) in [6, 6.07) is 7.05. The lowest BCUT2D eigenvalue weighted by Crippen LogP contribution is -2.36. The number of nitrogens with one attached hydrogen (secondary N) is 2. The topological polar surface area (TPSA) is 88.9 Å². The third-order valence-corrected chi connectivity index (χ3v) is 4.22. The number of carbonyl (C=O) groups is 2. The van der Waals surface area contributed by atoms with E-state index in [-0.39, 0.29) is 18.2 Å². The largest absolute Gasteiger partial charge is 0.324 e. The minimum absolute atomic E-state index is 0.0534. The van der Waals surface area contributed by atoms with E-state index in [1.807, 2.05) is 31.2 Å². The highest BCUT2D eigenvalue weighted by molar-refractivity contribution is 6.00. The lowest BCUT2D eigenvalue weighted by molar-refractivity contribution is -0.125. The van der Waals surface area contributed by atoms with Gasteiger partial charge in [-0.15, -0.1) is 0 Å². The summed E-state index contributed by atoms with van der Waals surface area (Å²) in [5, 5.41) is 9.94. The zero-order valence-electron chi connectivity index (χ0n) is 14.7. The number of hydrogen-bond donors (Lipinski definition) is 2. The van der Waals surface area contributed by atoms with Gasteiger partial charge in [0.25, 0.3) is 0 Å². The van der Waals surface area contributed by atoms with Gasteiger partial charge in [0.05, 0.1) is 6.42 Å². The molecule has 0 radical (unpaired) electrons. The molecular formula is C18H23N5O2. The molecule has 0 saturated carbocycles. The third kappa shape index (κ3) is 3.70. The van der Waals surface area contributed by atoms with Gasteiger partial charge in [-0.3, -0.25) is 14.9 Å². The van der Waals surface area contributed by atoms with Crippen molar-refractivity contribution in [3.63, 3.8) is 0 Å². The number of hydrogen-bond acceptors (Lipinski definition) is 4. The molecule has 7 nitrogen and oxygen atoms in total. The molecule has 2 heterocycles. The number of amides is 2. The van der Waals surface area contributed by atoms with Gasteiger partial charge in [0.1, 0.15) is 6.04 Å². The number of nitrogens with zero attached hydrogens (tertiary/aromatic N) is 3. The molecule has 3 rings (SSSR count). The molecule has 1 aliphatic rings. The van der Waals surface area contributed by atoms with E-state index in [1.165, 1.54) is 10.2 Å². The van der Waals surface area contributed by atoms with Gasteiger partial charge in [-0.05, 0) is 30.0 Å². The predicted molar refractivity (Wildman–Crippen MR) is 95.5 cm³/mol. The van der Waals surface area contributed by atoms with Crippen LogP contribution in [0.3, 0.4) is 0 Å². The van der Waals surface area contributed by atoms with Crippen LogP contribution in [0.2, 0.25) is 0 Å². The molecule has 7 heteroatoms. The van der Waals surface area contributed by atoms with E-state index in [1.54, 1.807) is 0 Å². The summed E-state index contributed by atoms with van der Waals surface area (Å²) < 4.78 is 1.52. The van der Waals surface area contributed by atoms with Crippen molar-refractivity contribution in [2.75, 3.05) is 10.6 Å². The normalized spacial score (nSPS) is 16.5. The maximum atomic E-state index is 12.7. The van der Waals surface area contributed by atoms with Crippen molar-refractivity contribution >= 4 is 23.5 Å². The van der Waals surface area contributed by atoms with Crippen molar-refractivity contribution in [1.82, 2.24) is 14.8 Å². The second kappa shape index (κ2) is 7.04. The van der Waals surface area contributed by atoms with Crippen molar-refractivity contribution in [3.8, 4) is 0 Å². The van der Waals surface area contributed by atoms with E-state index < -0.39 is 6.04 Å². The van der Waals surface area contributed by atoms with Gasteiger partial charge in [0, 0.05) is 12.1 Å². The molecular weight excluding hydrogens is 318 g/mol. The average molecular weight is 341 g/mol. The van der Waals surface area contributed by atoms with E-state index in [0.717, 1.165) is 6.42 Å². The van der Waals surface area contributed by atoms with Crippen molar-refractivity contribution in [3.05, 3.63) is 35.7 Å². The van der Waals surface area contributed by atoms with Gasteiger partial charge in [-0.25, -0.2) is 4.68 Å². The molecule has 2 amide bonds. The first-order chi connectivity index (χ1) is 12.0. The lowest BCUT2D eigenvalue weighted by atomic mass is 10.0. The smallest absolute Gasteiger partial charge is 0.249 e. The second-order valence-corrected chi connectivity index (χ2v) is 6.58. The molecule has 132 valence electrons. The quantitative estimate of drug-likeness (QED) is 0.875. The van der Waals surface area contributed by atoms with E-state index in [0.29, 0.717) is 29.8 Å². The van der Waals surface area contributed by atoms with Crippen LogP contribution >= 0.6 is 0 Å². The molecule has 25 heavy (non-hydrogen) atoms. The van der Waals surface area contributed by atoms with Gasteiger partial charge in [0.2, 0.25) is 17.8 Å². The minimum atomic E-state index is -0.688. The Morgan fingerprint density at radius 1 is 1.36 bits per heavy atom. The van der Waals surface area contributed by atoms with Crippen LogP contribution in [0.5, 0.6) is 0 Å². The number of aromatic nitrogens is 3. The Morgan fingerprint density at radius 3 is 2.72 bits per heavy atom. The molecule has 0 bridgehead atoms. The number of anilines is 2. The van der Waals surface area contributed by atoms with Crippen molar-refractivity contribution in [2.45, 2.75) is 52.0 Å². The summed E-state index contributed by atoms with van der Waals surface area (Å²) in [4.78, 5) is 28.9. The zero-order valence-corrected chi connectivity index (χ0v) is 14.7. The molecule has 1 aliphatic heterocycles. The fourth-order valence-electron chi connectivity index (χ4n) is 2.82. The summed E-state index contributed by atoms with van der Waals surface area (Å²) >= 11 is 0. The first kappa shape index (κ1) is 17.1. The Hall–Kier alpha value is -2.70. The van der Waals surface area contributed by atoms with Crippen LogP contribution in [0.25, 0.3) is 0 Å². The summed E-state index contributed by atoms with van der Waals surface area (Å²) in [6.07, 6.45) is 1.66. The van der Waals surface area contributed by atoms with Crippen molar-refractivity contribution in [1.29, 1.82) is 0 Å². The van der Waals surface area contributed by atoms with Gasteiger partial charge >= 0.3 is 0 Å². The molecule has 1 aromatic carbocycles. The SMILES string of the molecule is CCCc1nc2n(n1)[C@H](C(=O)Nc1ccc(C(C)C)cc1)CC(=O)N2. The third-order valence-electron chi connectivity index (χ3n) is 4.22.